The third-order valence-corrected chi connectivity index (χ3v) is 2.47. The van der Waals surface area contributed by atoms with Crippen molar-refractivity contribution >= 4 is 5.97 Å². The van der Waals surface area contributed by atoms with Crippen molar-refractivity contribution in [3.63, 3.8) is 0 Å². The van der Waals surface area contributed by atoms with Gasteiger partial charge in [0, 0.05) is 12.3 Å². The van der Waals surface area contributed by atoms with Gasteiger partial charge in [0.05, 0.1) is 6.61 Å². The molecule has 2 heteroatoms. The van der Waals surface area contributed by atoms with E-state index in [1.807, 2.05) is 0 Å². The number of aryl methyl sites for hydroxylation is 1. The fourth-order valence-corrected chi connectivity index (χ4v) is 1.61. The van der Waals surface area contributed by atoms with Gasteiger partial charge in [-0.1, -0.05) is 43.7 Å². The molecule has 16 heavy (non-hydrogen) atoms. The Kier molecular flexibility index (Phi) is 4.11. The minimum atomic E-state index is -0.211. The van der Waals surface area contributed by atoms with Crippen molar-refractivity contribution in [2.45, 2.75) is 34.1 Å². The van der Waals surface area contributed by atoms with Gasteiger partial charge in [-0.15, -0.1) is 0 Å². The van der Waals surface area contributed by atoms with Gasteiger partial charge in [-0.25, -0.2) is 0 Å². The van der Waals surface area contributed by atoms with Crippen molar-refractivity contribution in [1.82, 2.24) is 0 Å². The lowest BCUT2D eigenvalue weighted by molar-refractivity contribution is -0.143. The number of esters is 1. The van der Waals surface area contributed by atoms with Crippen LogP contribution < -0.4 is 0 Å². The quantitative estimate of drug-likeness (QED) is 0.729. The van der Waals surface area contributed by atoms with Gasteiger partial charge < -0.3 is 4.74 Å². The van der Waals surface area contributed by atoms with Crippen LogP contribution in [0.5, 0.6) is 0 Å². The Morgan fingerprint density at radius 2 is 1.81 bits per heavy atom. The number of carbonyl (C=O) groups excluding carboxylic acids is 1. The zero-order valence-corrected chi connectivity index (χ0v) is 10.5. The van der Waals surface area contributed by atoms with Gasteiger partial charge in [0.25, 0.3) is 0 Å². The Balaban J connectivity index is 2.57. The third kappa shape index (κ3) is 4.47. The van der Waals surface area contributed by atoms with Crippen molar-refractivity contribution in [3.05, 3.63) is 35.4 Å². The maximum Gasteiger partial charge on any atom is 0.302 e. The number of benzene rings is 1. The molecule has 88 valence electrons. The van der Waals surface area contributed by atoms with Crippen LogP contribution in [0, 0.1) is 12.3 Å². The van der Waals surface area contributed by atoms with Gasteiger partial charge in [0.15, 0.2) is 0 Å². The smallest absolute Gasteiger partial charge is 0.302 e. The summed E-state index contributed by atoms with van der Waals surface area (Å²) >= 11 is 0. The first kappa shape index (κ1) is 12.8. The molecule has 1 aromatic carbocycles. The molecular formula is C14H20O2. The normalized spacial score (nSPS) is 11.2. The van der Waals surface area contributed by atoms with E-state index in [2.05, 4.69) is 45.0 Å². The molecular weight excluding hydrogens is 200 g/mol. The highest BCUT2D eigenvalue weighted by atomic mass is 16.5. The molecule has 1 rings (SSSR count). The molecule has 0 heterocycles. The SMILES string of the molecule is CC(=O)OCC(C)(C)Cc1ccc(C)cc1. The molecule has 0 bridgehead atoms. The van der Waals surface area contributed by atoms with E-state index in [4.69, 9.17) is 4.74 Å². The van der Waals surface area contributed by atoms with Crippen LogP contribution in [0.3, 0.4) is 0 Å². The van der Waals surface area contributed by atoms with Gasteiger partial charge in [-0.3, -0.25) is 4.79 Å². The summed E-state index contributed by atoms with van der Waals surface area (Å²) in [4.78, 5) is 10.8. The molecule has 0 N–H and O–H groups in total. The Morgan fingerprint density at radius 1 is 1.25 bits per heavy atom. The van der Waals surface area contributed by atoms with Crippen LogP contribution in [-0.2, 0) is 16.0 Å². The van der Waals surface area contributed by atoms with Gasteiger partial charge >= 0.3 is 5.97 Å². The summed E-state index contributed by atoms with van der Waals surface area (Å²) in [6.45, 7) is 8.21. The fourth-order valence-electron chi connectivity index (χ4n) is 1.61. The van der Waals surface area contributed by atoms with Crippen LogP contribution in [0.1, 0.15) is 31.9 Å². The molecule has 0 atom stereocenters. The second-order valence-electron chi connectivity index (χ2n) is 5.11. The van der Waals surface area contributed by atoms with Gasteiger partial charge in [-0.2, -0.15) is 0 Å². The van der Waals surface area contributed by atoms with Crippen molar-refractivity contribution in [1.29, 1.82) is 0 Å². The maximum atomic E-state index is 10.8. The van der Waals surface area contributed by atoms with Gasteiger partial charge in [-0.05, 0) is 18.9 Å². The lowest BCUT2D eigenvalue weighted by Crippen LogP contribution is -2.23. The summed E-state index contributed by atoms with van der Waals surface area (Å²) in [6, 6.07) is 8.48. The number of hydrogen-bond acceptors (Lipinski definition) is 2. The Morgan fingerprint density at radius 3 is 2.31 bits per heavy atom. The lowest BCUT2D eigenvalue weighted by atomic mass is 9.86. The number of ether oxygens (including phenoxy) is 1. The van der Waals surface area contributed by atoms with E-state index in [-0.39, 0.29) is 11.4 Å². The van der Waals surface area contributed by atoms with Gasteiger partial charge in [0.2, 0.25) is 0 Å². The van der Waals surface area contributed by atoms with E-state index in [0.29, 0.717) is 6.61 Å². The largest absolute Gasteiger partial charge is 0.465 e. The first-order chi connectivity index (χ1) is 7.39. The average Bonchev–Trinajstić information content (AvgIpc) is 2.19. The molecule has 1 aromatic rings. The number of hydrogen-bond donors (Lipinski definition) is 0. The monoisotopic (exact) mass is 220 g/mol. The Hall–Kier alpha value is -1.31. The summed E-state index contributed by atoms with van der Waals surface area (Å²) in [5.41, 5.74) is 2.53. The molecule has 0 aromatic heterocycles. The standard InChI is InChI=1S/C14H20O2/c1-11-5-7-13(8-6-11)9-14(3,4)10-16-12(2)15/h5-8H,9-10H2,1-4H3. The first-order valence-corrected chi connectivity index (χ1v) is 5.58. The minimum Gasteiger partial charge on any atom is -0.465 e. The van der Waals surface area contributed by atoms with E-state index < -0.39 is 0 Å². The molecule has 2 nitrogen and oxygen atoms in total. The van der Waals surface area contributed by atoms with Crippen molar-refractivity contribution < 1.29 is 9.53 Å². The van der Waals surface area contributed by atoms with Crippen LogP contribution in [-0.4, -0.2) is 12.6 Å². The van der Waals surface area contributed by atoms with Crippen LogP contribution in [0.2, 0.25) is 0 Å². The van der Waals surface area contributed by atoms with Crippen molar-refractivity contribution in [2.75, 3.05) is 6.61 Å². The zero-order valence-electron chi connectivity index (χ0n) is 10.5. The molecule has 0 unspecified atom stereocenters. The zero-order chi connectivity index (χ0) is 12.2. The summed E-state index contributed by atoms with van der Waals surface area (Å²) in [5.74, 6) is -0.211. The predicted molar refractivity (Wildman–Crippen MR) is 65.3 cm³/mol. The average molecular weight is 220 g/mol. The van der Waals surface area contributed by atoms with Crippen LogP contribution in [0.15, 0.2) is 24.3 Å². The summed E-state index contributed by atoms with van der Waals surface area (Å²) in [6.07, 6.45) is 0.917. The number of carbonyl (C=O) groups is 1. The van der Waals surface area contributed by atoms with E-state index in [1.165, 1.54) is 18.1 Å². The number of rotatable bonds is 4. The molecule has 0 amide bonds. The highest BCUT2D eigenvalue weighted by molar-refractivity contribution is 5.65. The molecule has 0 fully saturated rings. The predicted octanol–water partition coefficient (Wildman–Crippen LogP) is 3.13. The Bertz CT molecular complexity index is 350. The van der Waals surface area contributed by atoms with E-state index in [9.17, 15) is 4.79 Å². The van der Waals surface area contributed by atoms with Crippen LogP contribution >= 0.6 is 0 Å². The van der Waals surface area contributed by atoms with E-state index in [0.717, 1.165) is 6.42 Å². The maximum absolute atomic E-state index is 10.8. The third-order valence-electron chi connectivity index (χ3n) is 2.47. The minimum absolute atomic E-state index is 0.0130. The topological polar surface area (TPSA) is 26.3 Å². The highest BCUT2D eigenvalue weighted by Crippen LogP contribution is 2.22. The summed E-state index contributed by atoms with van der Waals surface area (Å²) in [7, 11) is 0. The molecule has 0 spiro atoms. The summed E-state index contributed by atoms with van der Waals surface area (Å²) < 4.78 is 5.06. The molecule has 0 saturated carbocycles. The molecule has 0 aliphatic heterocycles. The van der Waals surface area contributed by atoms with Gasteiger partial charge in [0.1, 0.15) is 0 Å². The van der Waals surface area contributed by atoms with Crippen LogP contribution in [0.25, 0.3) is 0 Å². The van der Waals surface area contributed by atoms with Crippen LogP contribution in [0.4, 0.5) is 0 Å². The van der Waals surface area contributed by atoms with Crippen molar-refractivity contribution in [2.24, 2.45) is 5.41 Å². The Labute approximate surface area is 97.6 Å². The molecule has 0 aliphatic carbocycles. The highest BCUT2D eigenvalue weighted by Gasteiger charge is 2.20. The molecule has 0 radical (unpaired) electrons. The fraction of sp³-hybridized carbons (Fsp3) is 0.500. The molecule has 0 saturated heterocycles. The summed E-state index contributed by atoms with van der Waals surface area (Å²) in [5, 5.41) is 0. The first-order valence-electron chi connectivity index (χ1n) is 5.58. The van der Waals surface area contributed by atoms with E-state index in [1.54, 1.807) is 0 Å². The second kappa shape index (κ2) is 5.15. The van der Waals surface area contributed by atoms with E-state index >= 15 is 0 Å². The van der Waals surface area contributed by atoms with Crippen molar-refractivity contribution in [3.8, 4) is 0 Å². The second-order valence-corrected chi connectivity index (χ2v) is 5.11. The lowest BCUT2D eigenvalue weighted by Gasteiger charge is -2.24. The molecule has 0 aliphatic rings.